The van der Waals surface area contributed by atoms with Gasteiger partial charge in [0.15, 0.2) is 0 Å². The first kappa shape index (κ1) is 22.4. The number of fused-ring (bicyclic) bond motifs is 1. The number of nitrogens with one attached hydrogen (secondary N) is 3. The number of furan rings is 1. The van der Waals surface area contributed by atoms with Crippen molar-refractivity contribution in [2.24, 2.45) is 0 Å². The average molecular weight is 457 g/mol. The maximum Gasteiger partial charge on any atom is 0.418 e. The van der Waals surface area contributed by atoms with Crippen LogP contribution in [0, 0.1) is 0 Å². The third kappa shape index (κ3) is 5.36. The van der Waals surface area contributed by atoms with Gasteiger partial charge in [-0.05, 0) is 54.7 Å². The molecule has 1 unspecified atom stereocenters. The summed E-state index contributed by atoms with van der Waals surface area (Å²) in [5.74, 6) is -0.994. The van der Waals surface area contributed by atoms with Crippen LogP contribution >= 0.6 is 0 Å². The van der Waals surface area contributed by atoms with E-state index in [0.29, 0.717) is 0 Å². The zero-order chi connectivity index (χ0) is 23.4. The molecule has 172 valence electrons. The first-order valence-corrected chi connectivity index (χ1v) is 10.5. The van der Waals surface area contributed by atoms with Crippen LogP contribution in [0.3, 0.4) is 0 Å². The fourth-order valence-corrected chi connectivity index (χ4v) is 3.93. The van der Waals surface area contributed by atoms with Gasteiger partial charge in [0.1, 0.15) is 6.26 Å². The van der Waals surface area contributed by atoms with Crippen molar-refractivity contribution >= 4 is 23.2 Å². The van der Waals surface area contributed by atoms with Crippen molar-refractivity contribution in [3.8, 4) is 0 Å². The molecule has 1 aliphatic rings. The number of aryl methyl sites for hydroxylation is 1. The smallest absolute Gasteiger partial charge is 0.418 e. The van der Waals surface area contributed by atoms with Gasteiger partial charge in [-0.25, -0.2) is 0 Å². The fourth-order valence-electron chi connectivity index (χ4n) is 3.93. The van der Waals surface area contributed by atoms with Crippen LogP contribution in [-0.2, 0) is 17.4 Å². The Balaban J connectivity index is 1.43. The van der Waals surface area contributed by atoms with Gasteiger partial charge in [0, 0.05) is 11.4 Å². The molecule has 1 aromatic heterocycles. The Morgan fingerprint density at radius 2 is 1.91 bits per heavy atom. The lowest BCUT2D eigenvalue weighted by Gasteiger charge is -2.26. The number of alkyl halides is 3. The first-order chi connectivity index (χ1) is 15.8. The van der Waals surface area contributed by atoms with Gasteiger partial charge in [0.2, 0.25) is 5.91 Å². The Labute approximate surface area is 188 Å². The Morgan fingerprint density at radius 1 is 1.09 bits per heavy atom. The molecule has 3 N–H and O–H groups in total. The first-order valence-electron chi connectivity index (χ1n) is 10.5. The van der Waals surface area contributed by atoms with Crippen LogP contribution in [0.5, 0.6) is 0 Å². The molecular formula is C24H22F3N3O3. The van der Waals surface area contributed by atoms with Crippen LogP contribution in [0.2, 0.25) is 0 Å². The molecule has 0 radical (unpaired) electrons. The number of carbonyl (C=O) groups is 2. The monoisotopic (exact) mass is 457 g/mol. The van der Waals surface area contributed by atoms with Crippen molar-refractivity contribution < 1.29 is 27.2 Å². The molecule has 0 spiro atoms. The van der Waals surface area contributed by atoms with Crippen molar-refractivity contribution in [2.75, 3.05) is 17.2 Å². The van der Waals surface area contributed by atoms with Crippen LogP contribution < -0.4 is 16.0 Å². The summed E-state index contributed by atoms with van der Waals surface area (Å²) in [7, 11) is 0. The highest BCUT2D eigenvalue weighted by Crippen LogP contribution is 2.37. The van der Waals surface area contributed by atoms with E-state index in [1.165, 1.54) is 36.3 Å². The topological polar surface area (TPSA) is 83.4 Å². The molecule has 1 aliphatic carbocycles. The van der Waals surface area contributed by atoms with Gasteiger partial charge in [0.05, 0.1) is 30.0 Å². The number of halogens is 3. The van der Waals surface area contributed by atoms with Crippen molar-refractivity contribution in [3.05, 3.63) is 83.3 Å². The maximum atomic E-state index is 13.6. The summed E-state index contributed by atoms with van der Waals surface area (Å²) in [4.78, 5) is 24.6. The lowest BCUT2D eigenvalue weighted by atomic mass is 9.88. The van der Waals surface area contributed by atoms with E-state index in [0.717, 1.165) is 30.9 Å². The zero-order valence-corrected chi connectivity index (χ0v) is 17.5. The second kappa shape index (κ2) is 9.40. The molecular weight excluding hydrogens is 435 g/mol. The molecule has 0 fully saturated rings. The number of carbonyl (C=O) groups excluding carboxylic acids is 2. The minimum atomic E-state index is -4.68. The number of benzene rings is 2. The van der Waals surface area contributed by atoms with E-state index in [1.54, 1.807) is 0 Å². The molecule has 33 heavy (non-hydrogen) atoms. The van der Waals surface area contributed by atoms with Crippen LogP contribution in [0.4, 0.5) is 24.5 Å². The van der Waals surface area contributed by atoms with Gasteiger partial charge >= 0.3 is 6.18 Å². The average Bonchev–Trinajstić information content (AvgIpc) is 3.33. The summed E-state index contributed by atoms with van der Waals surface area (Å²) in [6, 6.07) is 12.4. The van der Waals surface area contributed by atoms with Gasteiger partial charge in [0.25, 0.3) is 5.91 Å². The van der Waals surface area contributed by atoms with Gasteiger partial charge in [-0.1, -0.05) is 24.3 Å². The standard InChI is InChI=1S/C24H22F3N3O3/c25-24(26,27)19-12-17(29-23(32)16-10-11-33-14-16)8-9-21(19)28-13-22(31)30-20-7-3-5-15-4-1-2-6-18(15)20/h1-2,4,6,8-12,14,20,28H,3,5,7,13H2,(H,29,32)(H,30,31). The van der Waals surface area contributed by atoms with Gasteiger partial charge in [-0.2, -0.15) is 13.2 Å². The molecule has 1 heterocycles. The third-order valence-electron chi connectivity index (χ3n) is 5.51. The van der Waals surface area contributed by atoms with E-state index in [9.17, 15) is 22.8 Å². The minimum Gasteiger partial charge on any atom is -0.472 e. The molecule has 4 rings (SSSR count). The molecule has 0 saturated carbocycles. The summed E-state index contributed by atoms with van der Waals surface area (Å²) in [5, 5.41) is 7.90. The second-order valence-corrected chi connectivity index (χ2v) is 7.79. The number of amides is 2. The fraction of sp³-hybridized carbons (Fsp3) is 0.250. The number of hydrogen-bond donors (Lipinski definition) is 3. The molecule has 9 heteroatoms. The largest absolute Gasteiger partial charge is 0.472 e. The van der Waals surface area contributed by atoms with Crippen molar-refractivity contribution in [1.29, 1.82) is 0 Å². The van der Waals surface area contributed by atoms with Gasteiger partial charge in [-0.15, -0.1) is 0 Å². The Kier molecular flexibility index (Phi) is 6.39. The summed E-state index contributed by atoms with van der Waals surface area (Å²) in [6.07, 6.45) is 0.456. The second-order valence-electron chi connectivity index (χ2n) is 7.79. The zero-order valence-electron chi connectivity index (χ0n) is 17.5. The molecule has 3 aromatic rings. The van der Waals surface area contributed by atoms with E-state index in [-0.39, 0.29) is 29.5 Å². The highest BCUT2D eigenvalue weighted by Gasteiger charge is 2.34. The summed E-state index contributed by atoms with van der Waals surface area (Å²) in [5.41, 5.74) is 1.15. The molecule has 0 bridgehead atoms. The normalized spacial score (nSPS) is 15.4. The lowest BCUT2D eigenvalue weighted by Crippen LogP contribution is -2.35. The Bertz CT molecular complexity index is 1140. The molecule has 1 atom stereocenters. The number of hydrogen-bond acceptors (Lipinski definition) is 4. The van der Waals surface area contributed by atoms with Crippen LogP contribution in [-0.4, -0.2) is 18.4 Å². The van der Waals surface area contributed by atoms with E-state index < -0.39 is 23.6 Å². The van der Waals surface area contributed by atoms with Crippen LogP contribution in [0.1, 0.15) is 45.9 Å². The van der Waals surface area contributed by atoms with E-state index in [1.807, 2.05) is 24.3 Å². The summed E-state index contributed by atoms with van der Waals surface area (Å²) < 4.78 is 45.7. The predicted octanol–water partition coefficient (Wildman–Crippen LogP) is 5.16. The van der Waals surface area contributed by atoms with E-state index in [4.69, 9.17) is 4.42 Å². The SMILES string of the molecule is O=C(CNc1ccc(NC(=O)c2ccoc2)cc1C(F)(F)F)NC1CCCc2ccccc21. The van der Waals surface area contributed by atoms with Crippen LogP contribution in [0.25, 0.3) is 0 Å². The van der Waals surface area contributed by atoms with Crippen LogP contribution in [0.15, 0.2) is 65.5 Å². The molecule has 2 amide bonds. The van der Waals surface area contributed by atoms with Gasteiger partial charge < -0.3 is 20.4 Å². The predicted molar refractivity (Wildman–Crippen MR) is 117 cm³/mol. The highest BCUT2D eigenvalue weighted by atomic mass is 19.4. The molecule has 2 aromatic carbocycles. The highest BCUT2D eigenvalue weighted by molar-refractivity contribution is 6.04. The van der Waals surface area contributed by atoms with E-state index in [2.05, 4.69) is 16.0 Å². The quantitative estimate of drug-likeness (QED) is 0.478. The maximum absolute atomic E-state index is 13.6. The molecule has 0 aliphatic heterocycles. The van der Waals surface area contributed by atoms with Gasteiger partial charge in [-0.3, -0.25) is 9.59 Å². The lowest BCUT2D eigenvalue weighted by molar-refractivity contribution is -0.137. The Morgan fingerprint density at radius 3 is 2.67 bits per heavy atom. The minimum absolute atomic E-state index is 0.0256. The van der Waals surface area contributed by atoms with Crippen molar-refractivity contribution in [2.45, 2.75) is 31.5 Å². The van der Waals surface area contributed by atoms with E-state index >= 15 is 0 Å². The number of rotatable bonds is 6. The number of anilines is 2. The molecule has 6 nitrogen and oxygen atoms in total. The summed E-state index contributed by atoms with van der Waals surface area (Å²) >= 11 is 0. The Hall–Kier alpha value is -3.75. The third-order valence-corrected chi connectivity index (χ3v) is 5.51. The summed E-state index contributed by atoms with van der Waals surface area (Å²) in [6.45, 7) is -0.317. The van der Waals surface area contributed by atoms with Crippen molar-refractivity contribution in [1.82, 2.24) is 5.32 Å². The van der Waals surface area contributed by atoms with Crippen molar-refractivity contribution in [3.63, 3.8) is 0 Å². The molecule has 0 saturated heterocycles.